The van der Waals surface area contributed by atoms with Crippen LogP contribution in [0.15, 0.2) is 36.4 Å². The van der Waals surface area contributed by atoms with Crippen LogP contribution in [0.25, 0.3) is 0 Å². The molecule has 1 saturated heterocycles. The Morgan fingerprint density at radius 3 is 2.65 bits per heavy atom. The summed E-state index contributed by atoms with van der Waals surface area (Å²) in [4.78, 5) is 17.4. The van der Waals surface area contributed by atoms with Crippen molar-refractivity contribution in [1.82, 2.24) is 4.90 Å². The van der Waals surface area contributed by atoms with Crippen LogP contribution in [0, 0.1) is 6.92 Å². The number of amides is 2. The molecule has 2 aromatic rings. The highest BCUT2D eigenvalue weighted by atomic mass is 35.5. The first-order chi connectivity index (χ1) is 11.1. The number of hydrogen-bond acceptors (Lipinski definition) is 2. The van der Waals surface area contributed by atoms with Crippen LogP contribution in [0.5, 0.6) is 0 Å². The van der Waals surface area contributed by atoms with Crippen molar-refractivity contribution in [3.8, 4) is 0 Å². The number of anilines is 1. The maximum atomic E-state index is 12.8. The van der Waals surface area contributed by atoms with E-state index < -0.39 is 0 Å². The van der Waals surface area contributed by atoms with Gasteiger partial charge in [0.15, 0.2) is 0 Å². The Hall–Kier alpha value is -1.52. The smallest absolute Gasteiger partial charge is 0.317 e. The largest absolute Gasteiger partial charge is 0.322 e. The van der Waals surface area contributed by atoms with Crippen molar-refractivity contribution < 1.29 is 4.79 Å². The van der Waals surface area contributed by atoms with E-state index in [-0.39, 0.29) is 12.1 Å². The van der Waals surface area contributed by atoms with E-state index in [1.165, 1.54) is 22.6 Å². The lowest BCUT2D eigenvalue weighted by Gasteiger charge is -2.29. The van der Waals surface area contributed by atoms with Crippen molar-refractivity contribution in [1.29, 1.82) is 0 Å². The Morgan fingerprint density at radius 1 is 1.17 bits per heavy atom. The number of urea groups is 1. The van der Waals surface area contributed by atoms with Gasteiger partial charge in [-0.1, -0.05) is 24.4 Å². The molecule has 0 spiro atoms. The molecule has 1 aliphatic heterocycles. The summed E-state index contributed by atoms with van der Waals surface area (Å²) in [6, 6.07) is 11.7. The molecule has 1 fully saturated rings. The van der Waals surface area contributed by atoms with Gasteiger partial charge in [0.2, 0.25) is 0 Å². The van der Waals surface area contributed by atoms with Gasteiger partial charge in [0, 0.05) is 27.0 Å². The Bertz CT molecular complexity index is 668. The molecule has 0 bridgehead atoms. The zero-order chi connectivity index (χ0) is 16.2. The number of likely N-dealkylation sites (tertiary alicyclic amines) is 1. The number of thiophene rings is 1. The molecule has 2 amide bonds. The van der Waals surface area contributed by atoms with Crippen LogP contribution in [-0.2, 0) is 0 Å². The molecule has 0 aliphatic carbocycles. The minimum atomic E-state index is -0.0229. The van der Waals surface area contributed by atoms with E-state index in [1.807, 2.05) is 17.0 Å². The lowest BCUT2D eigenvalue weighted by molar-refractivity contribution is 0.190. The molecule has 5 heteroatoms. The van der Waals surface area contributed by atoms with E-state index in [9.17, 15) is 4.79 Å². The van der Waals surface area contributed by atoms with Gasteiger partial charge in [-0.3, -0.25) is 0 Å². The predicted molar refractivity (Wildman–Crippen MR) is 97.4 cm³/mol. The number of aryl methyl sites for hydroxylation is 1. The van der Waals surface area contributed by atoms with Gasteiger partial charge in [-0.15, -0.1) is 11.3 Å². The molecule has 1 N–H and O–H groups in total. The van der Waals surface area contributed by atoms with E-state index in [1.54, 1.807) is 23.5 Å². The average molecular weight is 349 g/mol. The topological polar surface area (TPSA) is 32.3 Å². The van der Waals surface area contributed by atoms with Gasteiger partial charge in [-0.05, 0) is 56.2 Å². The monoisotopic (exact) mass is 348 g/mol. The number of carbonyl (C=O) groups excluding carboxylic acids is 1. The Kier molecular flexibility index (Phi) is 5.23. The first kappa shape index (κ1) is 16.3. The molecule has 122 valence electrons. The lowest BCUT2D eigenvalue weighted by atomic mass is 10.1. The number of carbonyl (C=O) groups is 1. The summed E-state index contributed by atoms with van der Waals surface area (Å²) in [6.45, 7) is 2.92. The van der Waals surface area contributed by atoms with Gasteiger partial charge < -0.3 is 10.2 Å². The van der Waals surface area contributed by atoms with Crippen molar-refractivity contribution in [2.45, 2.75) is 38.6 Å². The highest BCUT2D eigenvalue weighted by Crippen LogP contribution is 2.34. The van der Waals surface area contributed by atoms with Crippen molar-refractivity contribution in [2.75, 3.05) is 11.9 Å². The zero-order valence-electron chi connectivity index (χ0n) is 13.2. The Balaban J connectivity index is 1.78. The van der Waals surface area contributed by atoms with Crippen molar-refractivity contribution in [3.63, 3.8) is 0 Å². The second-order valence-electron chi connectivity index (χ2n) is 5.94. The SMILES string of the molecule is Cc1ccc([C@@H]2CCCCCN2C(=O)Nc2ccc(Cl)cc2)s1. The van der Waals surface area contributed by atoms with Gasteiger partial charge in [0.25, 0.3) is 0 Å². The first-order valence-corrected chi connectivity index (χ1v) is 9.22. The summed E-state index contributed by atoms with van der Waals surface area (Å²) in [6.07, 6.45) is 4.46. The second kappa shape index (κ2) is 7.37. The van der Waals surface area contributed by atoms with Crippen molar-refractivity contribution >= 4 is 34.7 Å². The van der Waals surface area contributed by atoms with E-state index in [0.29, 0.717) is 5.02 Å². The molecule has 0 unspecified atom stereocenters. The number of rotatable bonds is 2. The Morgan fingerprint density at radius 2 is 1.96 bits per heavy atom. The summed E-state index contributed by atoms with van der Waals surface area (Å²) in [5.74, 6) is 0. The Labute approximate surface area is 146 Å². The third-order valence-corrected chi connectivity index (χ3v) is 5.55. The second-order valence-corrected chi connectivity index (χ2v) is 7.70. The number of benzene rings is 1. The number of halogens is 1. The van der Waals surface area contributed by atoms with Crippen molar-refractivity contribution in [3.05, 3.63) is 51.2 Å². The first-order valence-electron chi connectivity index (χ1n) is 8.03. The quantitative estimate of drug-likeness (QED) is 0.724. The zero-order valence-corrected chi connectivity index (χ0v) is 14.8. The highest BCUT2D eigenvalue weighted by molar-refractivity contribution is 7.12. The summed E-state index contributed by atoms with van der Waals surface area (Å²) in [5, 5.41) is 3.68. The fourth-order valence-electron chi connectivity index (χ4n) is 3.01. The molecule has 1 atom stereocenters. The number of nitrogens with one attached hydrogen (secondary N) is 1. The summed E-state index contributed by atoms with van der Waals surface area (Å²) in [5.41, 5.74) is 0.782. The number of hydrogen-bond donors (Lipinski definition) is 1. The van der Waals surface area contributed by atoms with Gasteiger partial charge in [-0.2, -0.15) is 0 Å². The van der Waals surface area contributed by atoms with E-state index in [0.717, 1.165) is 25.1 Å². The van der Waals surface area contributed by atoms with Gasteiger partial charge in [0.05, 0.1) is 6.04 Å². The van der Waals surface area contributed by atoms with Crippen molar-refractivity contribution in [2.24, 2.45) is 0 Å². The standard InChI is InChI=1S/C18H21ClN2OS/c1-13-6-11-17(23-13)16-5-3-2-4-12-21(16)18(22)20-15-9-7-14(19)8-10-15/h6-11,16H,2-5,12H2,1H3,(H,20,22)/t16-/m0/s1. The summed E-state index contributed by atoms with van der Waals surface area (Å²) >= 11 is 7.70. The minimum Gasteiger partial charge on any atom is -0.317 e. The predicted octanol–water partition coefficient (Wildman–Crippen LogP) is 5.86. The van der Waals surface area contributed by atoms with E-state index in [4.69, 9.17) is 11.6 Å². The van der Waals surface area contributed by atoms with Gasteiger partial charge in [-0.25, -0.2) is 4.79 Å². The molecule has 1 aromatic carbocycles. The molecule has 23 heavy (non-hydrogen) atoms. The molecule has 2 heterocycles. The molecule has 0 radical (unpaired) electrons. The highest BCUT2D eigenvalue weighted by Gasteiger charge is 2.27. The van der Waals surface area contributed by atoms with Crippen LogP contribution in [-0.4, -0.2) is 17.5 Å². The van der Waals surface area contributed by atoms with Crippen LogP contribution in [0.1, 0.15) is 41.5 Å². The van der Waals surface area contributed by atoms with Crippen LogP contribution >= 0.6 is 22.9 Å². The molecule has 3 rings (SSSR count). The third-order valence-electron chi connectivity index (χ3n) is 4.20. The van der Waals surface area contributed by atoms with Gasteiger partial charge >= 0.3 is 6.03 Å². The van der Waals surface area contributed by atoms with E-state index in [2.05, 4.69) is 24.4 Å². The molecular formula is C18H21ClN2OS. The van der Waals surface area contributed by atoms with Crippen LogP contribution < -0.4 is 5.32 Å². The fourth-order valence-corrected chi connectivity index (χ4v) is 4.16. The maximum absolute atomic E-state index is 12.8. The van der Waals surface area contributed by atoms with Crippen LogP contribution in [0.2, 0.25) is 5.02 Å². The lowest BCUT2D eigenvalue weighted by Crippen LogP contribution is -2.37. The van der Waals surface area contributed by atoms with Gasteiger partial charge in [0.1, 0.15) is 0 Å². The fraction of sp³-hybridized carbons (Fsp3) is 0.389. The summed E-state index contributed by atoms with van der Waals surface area (Å²) < 4.78 is 0. The van der Waals surface area contributed by atoms with E-state index >= 15 is 0 Å². The third kappa shape index (κ3) is 4.06. The van der Waals surface area contributed by atoms with Crippen LogP contribution in [0.3, 0.4) is 0 Å². The molecule has 0 saturated carbocycles. The summed E-state index contributed by atoms with van der Waals surface area (Å²) in [7, 11) is 0. The molecule has 1 aromatic heterocycles. The molecule has 1 aliphatic rings. The normalized spacial score (nSPS) is 18.5. The molecular weight excluding hydrogens is 328 g/mol. The number of nitrogens with zero attached hydrogens (tertiary/aromatic N) is 1. The molecule has 3 nitrogen and oxygen atoms in total. The maximum Gasteiger partial charge on any atom is 0.322 e. The van der Waals surface area contributed by atoms with Crippen LogP contribution in [0.4, 0.5) is 10.5 Å². The minimum absolute atomic E-state index is 0.0229. The average Bonchev–Trinajstić information content (AvgIpc) is 2.82.